The van der Waals surface area contributed by atoms with Crippen LogP contribution in [0.5, 0.6) is 11.5 Å². The summed E-state index contributed by atoms with van der Waals surface area (Å²) < 4.78 is 47.3. The summed E-state index contributed by atoms with van der Waals surface area (Å²) >= 11 is 0. The highest BCUT2D eigenvalue weighted by molar-refractivity contribution is 6.01. The number of aliphatic hydroxyl groups is 1. The molecule has 1 aliphatic rings. The van der Waals surface area contributed by atoms with Gasteiger partial charge in [-0.3, -0.25) is 9.59 Å². The van der Waals surface area contributed by atoms with Crippen LogP contribution in [-0.2, 0) is 24.4 Å². The van der Waals surface area contributed by atoms with E-state index in [1.165, 1.54) is 24.3 Å². The molecule has 0 aliphatic carbocycles. The van der Waals surface area contributed by atoms with Crippen molar-refractivity contribution in [1.29, 1.82) is 0 Å². The van der Waals surface area contributed by atoms with Crippen LogP contribution in [0.4, 0.5) is 13.2 Å². The Labute approximate surface area is 252 Å². The number of nitrogens with one attached hydrogen (secondary N) is 1. The molecule has 228 valence electrons. The topological polar surface area (TPSA) is 88.1 Å². The summed E-state index contributed by atoms with van der Waals surface area (Å²) in [5, 5.41) is 12.6. The third kappa shape index (κ3) is 7.03. The van der Waals surface area contributed by atoms with E-state index in [-0.39, 0.29) is 30.7 Å². The van der Waals surface area contributed by atoms with Crippen LogP contribution in [0.25, 0.3) is 0 Å². The lowest BCUT2D eigenvalue weighted by Gasteiger charge is -2.42. The number of amides is 2. The molecule has 4 aromatic rings. The second-order valence-electron chi connectivity index (χ2n) is 10.4. The van der Waals surface area contributed by atoms with Gasteiger partial charge in [0.2, 0.25) is 5.91 Å². The summed E-state index contributed by atoms with van der Waals surface area (Å²) in [6.45, 7) is 0.216. The molecule has 10 heteroatoms. The molecule has 2 amide bonds. The van der Waals surface area contributed by atoms with Crippen molar-refractivity contribution in [3.63, 3.8) is 0 Å². The van der Waals surface area contributed by atoms with Crippen LogP contribution in [0.1, 0.15) is 50.1 Å². The number of alkyl halides is 3. The second-order valence-corrected chi connectivity index (χ2v) is 10.4. The molecular formula is C34H31F3N2O5. The summed E-state index contributed by atoms with van der Waals surface area (Å²) in [6, 6.07) is 26.1. The Hall–Kier alpha value is -4.83. The zero-order valence-electron chi connectivity index (χ0n) is 23.9. The first-order valence-corrected chi connectivity index (χ1v) is 14.0. The number of rotatable bonds is 10. The van der Waals surface area contributed by atoms with Gasteiger partial charge in [-0.05, 0) is 64.6 Å². The van der Waals surface area contributed by atoms with Gasteiger partial charge in [0.25, 0.3) is 5.91 Å². The maximum absolute atomic E-state index is 14.0. The number of hydrogen-bond donors (Lipinski definition) is 2. The highest BCUT2D eigenvalue weighted by Gasteiger charge is 2.44. The fourth-order valence-electron chi connectivity index (χ4n) is 5.47. The van der Waals surface area contributed by atoms with Crippen molar-refractivity contribution in [3.8, 4) is 11.5 Å². The Morgan fingerprint density at radius 3 is 2.11 bits per heavy atom. The number of methoxy groups -OCH3 is 1. The lowest BCUT2D eigenvalue weighted by Crippen LogP contribution is -2.47. The van der Waals surface area contributed by atoms with E-state index in [9.17, 15) is 27.9 Å². The number of aliphatic hydroxyl groups excluding tert-OH is 1. The molecule has 0 saturated heterocycles. The fraction of sp³-hybridized carbons (Fsp3) is 0.235. The Morgan fingerprint density at radius 1 is 0.864 bits per heavy atom. The summed E-state index contributed by atoms with van der Waals surface area (Å²) in [5.74, 6) is -1.00. The van der Waals surface area contributed by atoms with Gasteiger partial charge in [0, 0.05) is 18.7 Å². The van der Waals surface area contributed by atoms with Crippen LogP contribution in [0, 0.1) is 0 Å². The highest BCUT2D eigenvalue weighted by Crippen LogP contribution is 2.44. The van der Waals surface area contributed by atoms with Crippen molar-refractivity contribution in [2.45, 2.75) is 37.9 Å². The number of carbonyl (C=O) groups is 2. The van der Waals surface area contributed by atoms with Gasteiger partial charge < -0.3 is 24.8 Å². The number of ether oxygens (including phenoxy) is 2. The zero-order chi connectivity index (χ0) is 31.3. The maximum Gasteiger partial charge on any atom is 0.573 e. The average molecular weight is 605 g/mol. The molecule has 0 fully saturated rings. The number of nitrogens with zero attached hydrogens (tertiary/aromatic N) is 1. The van der Waals surface area contributed by atoms with Crippen LogP contribution < -0.4 is 14.8 Å². The number of benzene rings is 4. The first-order chi connectivity index (χ1) is 21.2. The van der Waals surface area contributed by atoms with E-state index >= 15 is 0 Å². The molecule has 0 radical (unpaired) electrons. The van der Waals surface area contributed by atoms with Crippen LogP contribution in [0.3, 0.4) is 0 Å². The number of hydrogen-bond acceptors (Lipinski definition) is 5. The average Bonchev–Trinajstić information content (AvgIpc) is 3.02. The largest absolute Gasteiger partial charge is 0.573 e. The predicted molar refractivity (Wildman–Crippen MR) is 157 cm³/mol. The molecule has 2 atom stereocenters. The third-order valence-corrected chi connectivity index (χ3v) is 7.61. The number of carbonyl (C=O) groups excluding carboxylic acids is 2. The molecular weight excluding hydrogens is 573 g/mol. The number of halogens is 3. The second kappa shape index (κ2) is 13.2. The molecule has 0 saturated carbocycles. The monoisotopic (exact) mass is 604 g/mol. The molecule has 0 bridgehead atoms. The van der Waals surface area contributed by atoms with Crippen LogP contribution >= 0.6 is 0 Å². The molecule has 7 nitrogen and oxygen atoms in total. The van der Waals surface area contributed by atoms with Crippen molar-refractivity contribution in [2.24, 2.45) is 0 Å². The zero-order valence-corrected chi connectivity index (χ0v) is 23.9. The quantitative estimate of drug-likeness (QED) is 0.235. The van der Waals surface area contributed by atoms with Gasteiger partial charge in [-0.15, -0.1) is 13.2 Å². The van der Waals surface area contributed by atoms with Gasteiger partial charge >= 0.3 is 6.36 Å². The van der Waals surface area contributed by atoms with Crippen LogP contribution in [-0.4, -0.2) is 41.8 Å². The van der Waals surface area contributed by atoms with Crippen molar-refractivity contribution >= 4 is 11.8 Å². The van der Waals surface area contributed by atoms with E-state index in [4.69, 9.17) is 4.74 Å². The maximum atomic E-state index is 14.0. The highest BCUT2D eigenvalue weighted by atomic mass is 19.4. The molecule has 0 spiro atoms. The minimum absolute atomic E-state index is 0.0293. The van der Waals surface area contributed by atoms with Crippen molar-refractivity contribution in [2.75, 3.05) is 13.7 Å². The minimum atomic E-state index is -4.83. The van der Waals surface area contributed by atoms with E-state index in [0.717, 1.165) is 11.3 Å². The van der Waals surface area contributed by atoms with E-state index in [0.29, 0.717) is 40.8 Å². The lowest BCUT2D eigenvalue weighted by atomic mass is 9.78. The van der Waals surface area contributed by atoms with Gasteiger partial charge in [-0.1, -0.05) is 66.7 Å². The SMILES string of the molecule is COc1ccc(CCNC(=O)[C@@H]2c3ccccc3C(=O)N(Cc3ccc(OC(F)(F)F)cc3)[C@H]2c2ccc(CO)cc2)cc1. The summed E-state index contributed by atoms with van der Waals surface area (Å²) in [5.41, 5.74) is 3.88. The molecule has 44 heavy (non-hydrogen) atoms. The Bertz CT molecular complexity index is 1590. The molecule has 0 unspecified atom stereocenters. The molecule has 4 aromatic carbocycles. The Kier molecular flexibility index (Phi) is 9.20. The van der Waals surface area contributed by atoms with E-state index < -0.39 is 18.3 Å². The summed E-state index contributed by atoms with van der Waals surface area (Å²) in [4.78, 5) is 29.6. The first-order valence-electron chi connectivity index (χ1n) is 14.0. The normalized spacial score (nSPS) is 16.3. The standard InChI is InChI=1S/C34H31F3N2O5/c1-43-26-14-8-22(9-15-26)18-19-38-32(41)30-28-4-2-3-5-29(28)33(42)39(31(30)25-12-6-24(21-40)7-13-25)20-23-10-16-27(17-11-23)44-34(35,36)37/h2-17,30-31,40H,18-21H2,1H3,(H,38,41)/t30-,31+/m1/s1. The minimum Gasteiger partial charge on any atom is -0.497 e. The number of fused-ring (bicyclic) bond motifs is 1. The molecule has 1 heterocycles. The predicted octanol–water partition coefficient (Wildman–Crippen LogP) is 5.93. The lowest BCUT2D eigenvalue weighted by molar-refractivity contribution is -0.274. The van der Waals surface area contributed by atoms with E-state index in [1.54, 1.807) is 60.5 Å². The van der Waals surface area contributed by atoms with Gasteiger partial charge in [0.1, 0.15) is 11.5 Å². The van der Waals surface area contributed by atoms with Crippen molar-refractivity contribution < 1.29 is 37.3 Å². The van der Waals surface area contributed by atoms with Crippen molar-refractivity contribution in [1.82, 2.24) is 10.2 Å². The van der Waals surface area contributed by atoms with Gasteiger partial charge in [0.05, 0.1) is 25.7 Å². The summed E-state index contributed by atoms with van der Waals surface area (Å²) in [7, 11) is 1.59. The van der Waals surface area contributed by atoms with Gasteiger partial charge in [-0.25, -0.2) is 0 Å². The Morgan fingerprint density at radius 2 is 1.48 bits per heavy atom. The third-order valence-electron chi connectivity index (χ3n) is 7.61. The fourth-order valence-corrected chi connectivity index (χ4v) is 5.47. The first kappa shape index (κ1) is 30.6. The van der Waals surface area contributed by atoms with E-state index in [1.807, 2.05) is 24.3 Å². The molecule has 5 rings (SSSR count). The summed E-state index contributed by atoms with van der Waals surface area (Å²) in [6.07, 6.45) is -4.25. The molecule has 0 aromatic heterocycles. The van der Waals surface area contributed by atoms with Gasteiger partial charge in [0.15, 0.2) is 0 Å². The Balaban J connectivity index is 1.47. The van der Waals surface area contributed by atoms with Crippen LogP contribution in [0.2, 0.25) is 0 Å². The molecule has 2 N–H and O–H groups in total. The van der Waals surface area contributed by atoms with Crippen molar-refractivity contribution in [3.05, 3.63) is 130 Å². The van der Waals surface area contributed by atoms with Gasteiger partial charge in [-0.2, -0.15) is 0 Å². The van der Waals surface area contributed by atoms with Crippen LogP contribution in [0.15, 0.2) is 97.1 Å². The van der Waals surface area contributed by atoms with E-state index in [2.05, 4.69) is 10.1 Å². The molecule has 1 aliphatic heterocycles. The smallest absolute Gasteiger partial charge is 0.497 e.